The molecule has 0 saturated heterocycles. The molecule has 0 unspecified atom stereocenters. The predicted octanol–water partition coefficient (Wildman–Crippen LogP) is 2.52. The highest BCUT2D eigenvalue weighted by atomic mass is 19.4. The third-order valence-electron chi connectivity index (χ3n) is 2.03. The number of benzene rings is 1. The van der Waals surface area contributed by atoms with Crippen LogP contribution in [0.3, 0.4) is 0 Å². The maximum absolute atomic E-state index is 11.9. The fourth-order valence-electron chi connectivity index (χ4n) is 1.28. The van der Waals surface area contributed by atoms with Gasteiger partial charge < -0.3 is 10.5 Å². The van der Waals surface area contributed by atoms with E-state index < -0.39 is 12.6 Å². The highest BCUT2D eigenvalue weighted by molar-refractivity contribution is 5.33. The van der Waals surface area contributed by atoms with Gasteiger partial charge in [-0.25, -0.2) is 0 Å². The van der Waals surface area contributed by atoms with Gasteiger partial charge in [0.05, 0.1) is 13.0 Å². The van der Waals surface area contributed by atoms with Crippen LogP contribution < -0.4 is 10.5 Å². The smallest absolute Gasteiger partial charge is 0.392 e. The van der Waals surface area contributed by atoms with Crippen molar-refractivity contribution in [2.24, 2.45) is 5.73 Å². The van der Waals surface area contributed by atoms with E-state index in [9.17, 15) is 13.2 Å². The third kappa shape index (κ3) is 4.53. The minimum absolute atomic E-state index is 0.356. The van der Waals surface area contributed by atoms with Crippen LogP contribution in [0.5, 0.6) is 5.75 Å². The molecule has 2 N–H and O–H groups in total. The lowest BCUT2D eigenvalue weighted by Gasteiger charge is -2.11. The standard InChI is InChI=1S/C11H14F3NO/c12-11(13,14)6-8-16-10-4-2-1-3-9(10)5-7-15/h1-4H,5-8,15H2. The van der Waals surface area contributed by atoms with Gasteiger partial charge >= 0.3 is 6.18 Å². The first-order chi connectivity index (χ1) is 7.53. The lowest BCUT2D eigenvalue weighted by Crippen LogP contribution is -2.14. The largest absolute Gasteiger partial charge is 0.493 e. The van der Waals surface area contributed by atoms with Crippen LogP contribution in [0.1, 0.15) is 12.0 Å². The fraction of sp³-hybridized carbons (Fsp3) is 0.455. The average Bonchev–Trinajstić information content (AvgIpc) is 2.19. The Morgan fingerprint density at radius 3 is 2.50 bits per heavy atom. The first kappa shape index (κ1) is 12.8. The Labute approximate surface area is 92.2 Å². The topological polar surface area (TPSA) is 35.2 Å². The number of ether oxygens (including phenoxy) is 1. The highest BCUT2D eigenvalue weighted by Crippen LogP contribution is 2.22. The van der Waals surface area contributed by atoms with Crippen molar-refractivity contribution in [3.8, 4) is 5.75 Å². The number of rotatable bonds is 5. The second kappa shape index (κ2) is 5.75. The molecule has 0 aliphatic carbocycles. The summed E-state index contributed by atoms with van der Waals surface area (Å²) in [6.07, 6.45) is -4.52. The SMILES string of the molecule is NCCc1ccccc1OCCC(F)(F)F. The van der Waals surface area contributed by atoms with Crippen molar-refractivity contribution in [2.45, 2.75) is 19.0 Å². The quantitative estimate of drug-likeness (QED) is 0.848. The molecule has 0 radical (unpaired) electrons. The zero-order valence-electron chi connectivity index (χ0n) is 8.76. The van der Waals surface area contributed by atoms with Gasteiger partial charge in [0, 0.05) is 0 Å². The number of nitrogens with two attached hydrogens (primary N) is 1. The summed E-state index contributed by atoms with van der Waals surface area (Å²) in [5.41, 5.74) is 6.23. The number of para-hydroxylation sites is 1. The van der Waals surface area contributed by atoms with Crippen LogP contribution in [0.25, 0.3) is 0 Å². The molecule has 0 aliphatic heterocycles. The van der Waals surface area contributed by atoms with E-state index in [-0.39, 0.29) is 6.61 Å². The molecule has 2 nitrogen and oxygen atoms in total. The lowest BCUT2D eigenvalue weighted by molar-refractivity contribution is -0.139. The van der Waals surface area contributed by atoms with Crippen molar-refractivity contribution >= 4 is 0 Å². The summed E-state index contributed by atoms with van der Waals surface area (Å²) in [6.45, 7) is 0.0880. The molecule has 1 aromatic rings. The van der Waals surface area contributed by atoms with Crippen molar-refractivity contribution in [3.63, 3.8) is 0 Å². The van der Waals surface area contributed by atoms with Crippen molar-refractivity contribution in [1.29, 1.82) is 0 Å². The zero-order valence-corrected chi connectivity index (χ0v) is 8.76. The molecular formula is C11H14F3NO. The molecule has 0 atom stereocenters. The summed E-state index contributed by atoms with van der Waals surface area (Å²) in [5, 5.41) is 0. The average molecular weight is 233 g/mol. The molecular weight excluding hydrogens is 219 g/mol. The molecule has 0 aliphatic rings. The van der Waals surface area contributed by atoms with Crippen LogP contribution in [0.15, 0.2) is 24.3 Å². The summed E-state index contributed by atoms with van der Waals surface area (Å²) < 4.78 is 40.8. The van der Waals surface area contributed by atoms with Crippen LogP contribution in [0.4, 0.5) is 13.2 Å². The Morgan fingerprint density at radius 2 is 1.88 bits per heavy atom. The minimum Gasteiger partial charge on any atom is -0.493 e. The molecule has 1 aromatic carbocycles. The second-order valence-electron chi connectivity index (χ2n) is 3.36. The third-order valence-corrected chi connectivity index (χ3v) is 2.03. The first-order valence-electron chi connectivity index (χ1n) is 5.00. The minimum atomic E-state index is -4.18. The van der Waals surface area contributed by atoms with Gasteiger partial charge in [-0.2, -0.15) is 13.2 Å². The maximum Gasteiger partial charge on any atom is 0.392 e. The second-order valence-corrected chi connectivity index (χ2v) is 3.36. The van der Waals surface area contributed by atoms with Crippen LogP contribution in [-0.2, 0) is 6.42 Å². The molecule has 5 heteroatoms. The molecule has 16 heavy (non-hydrogen) atoms. The highest BCUT2D eigenvalue weighted by Gasteiger charge is 2.26. The van der Waals surface area contributed by atoms with Crippen LogP contribution in [0.2, 0.25) is 0 Å². The summed E-state index contributed by atoms with van der Waals surface area (Å²) in [4.78, 5) is 0. The molecule has 0 fully saturated rings. The monoisotopic (exact) mass is 233 g/mol. The van der Waals surface area contributed by atoms with E-state index in [0.29, 0.717) is 18.7 Å². The fourth-order valence-corrected chi connectivity index (χ4v) is 1.28. The number of halogens is 3. The Morgan fingerprint density at radius 1 is 1.19 bits per heavy atom. The van der Waals surface area contributed by atoms with Gasteiger partial charge in [-0.15, -0.1) is 0 Å². The molecule has 0 heterocycles. The summed E-state index contributed by atoms with van der Waals surface area (Å²) in [7, 11) is 0. The Balaban J connectivity index is 2.52. The van der Waals surface area contributed by atoms with E-state index >= 15 is 0 Å². The van der Waals surface area contributed by atoms with Gasteiger partial charge in [0.15, 0.2) is 0 Å². The summed E-state index contributed by atoms with van der Waals surface area (Å²) >= 11 is 0. The van der Waals surface area contributed by atoms with E-state index in [1.54, 1.807) is 18.2 Å². The van der Waals surface area contributed by atoms with E-state index in [1.165, 1.54) is 0 Å². The molecule has 0 bridgehead atoms. The van der Waals surface area contributed by atoms with Crippen LogP contribution in [-0.4, -0.2) is 19.3 Å². The van der Waals surface area contributed by atoms with Gasteiger partial charge in [-0.1, -0.05) is 18.2 Å². The molecule has 0 spiro atoms. The zero-order chi connectivity index (χ0) is 12.0. The van der Waals surface area contributed by atoms with Gasteiger partial charge in [-0.05, 0) is 24.6 Å². The first-order valence-corrected chi connectivity index (χ1v) is 5.00. The van der Waals surface area contributed by atoms with E-state index in [4.69, 9.17) is 10.5 Å². The molecule has 1 rings (SSSR count). The van der Waals surface area contributed by atoms with Crippen molar-refractivity contribution in [1.82, 2.24) is 0 Å². The van der Waals surface area contributed by atoms with E-state index in [1.807, 2.05) is 6.07 Å². The van der Waals surface area contributed by atoms with Gasteiger partial charge in [-0.3, -0.25) is 0 Å². The molecule has 90 valence electrons. The Bertz CT molecular complexity index is 325. The molecule has 0 aromatic heterocycles. The normalized spacial score (nSPS) is 11.5. The molecule has 0 saturated carbocycles. The van der Waals surface area contributed by atoms with Gasteiger partial charge in [0.2, 0.25) is 0 Å². The van der Waals surface area contributed by atoms with Crippen LogP contribution >= 0.6 is 0 Å². The summed E-state index contributed by atoms with van der Waals surface area (Å²) in [5.74, 6) is 0.484. The van der Waals surface area contributed by atoms with Crippen molar-refractivity contribution < 1.29 is 17.9 Å². The Kier molecular flexibility index (Phi) is 4.61. The predicted molar refractivity (Wildman–Crippen MR) is 55.4 cm³/mol. The number of hydrogen-bond acceptors (Lipinski definition) is 2. The summed E-state index contributed by atoms with van der Waals surface area (Å²) in [6, 6.07) is 6.99. The maximum atomic E-state index is 11.9. The van der Waals surface area contributed by atoms with E-state index in [0.717, 1.165) is 5.56 Å². The van der Waals surface area contributed by atoms with E-state index in [2.05, 4.69) is 0 Å². The number of hydrogen-bond donors (Lipinski definition) is 1. The van der Waals surface area contributed by atoms with Crippen molar-refractivity contribution in [2.75, 3.05) is 13.2 Å². The van der Waals surface area contributed by atoms with Gasteiger partial charge in [0.1, 0.15) is 5.75 Å². The number of alkyl halides is 3. The van der Waals surface area contributed by atoms with Gasteiger partial charge in [0.25, 0.3) is 0 Å². The van der Waals surface area contributed by atoms with Crippen molar-refractivity contribution in [3.05, 3.63) is 29.8 Å². The van der Waals surface area contributed by atoms with Crippen LogP contribution in [0, 0.1) is 0 Å². The lowest BCUT2D eigenvalue weighted by atomic mass is 10.1. The Hall–Kier alpha value is -1.23. The molecule has 0 amide bonds.